The zero-order valence-electron chi connectivity index (χ0n) is 9.79. The van der Waals surface area contributed by atoms with E-state index in [0.717, 1.165) is 10.5 Å². The average Bonchev–Trinajstić information content (AvgIpc) is 2.61. The standard InChI is InChI=1S/C12H13NO2S3/c1-9-4-2-3-5-11(9)17-12(16)13-10-6-7-18(14,15)8-10/h2-7,10H,8H2,1H3,(H,13,16). The highest BCUT2D eigenvalue weighted by Gasteiger charge is 2.22. The number of hydrogen-bond donors (Lipinski definition) is 1. The number of thiocarbonyl (C=S) groups is 1. The molecule has 1 atom stereocenters. The second-order valence-corrected chi connectivity index (χ2v) is 7.71. The van der Waals surface area contributed by atoms with Gasteiger partial charge in [0, 0.05) is 10.3 Å². The predicted octanol–water partition coefficient (Wildman–Crippen LogP) is 2.27. The lowest BCUT2D eigenvalue weighted by atomic mass is 10.2. The average molecular weight is 299 g/mol. The van der Waals surface area contributed by atoms with Crippen LogP contribution in [0.25, 0.3) is 0 Å². The molecule has 0 spiro atoms. The van der Waals surface area contributed by atoms with Gasteiger partial charge in [0.05, 0.1) is 11.8 Å². The Hall–Kier alpha value is -0.850. The molecule has 6 heteroatoms. The molecule has 1 heterocycles. The summed E-state index contributed by atoms with van der Waals surface area (Å²) in [6, 6.07) is 7.74. The number of hydrogen-bond acceptors (Lipinski definition) is 4. The summed E-state index contributed by atoms with van der Waals surface area (Å²) in [5, 5.41) is 4.28. The van der Waals surface area contributed by atoms with E-state index in [9.17, 15) is 8.42 Å². The monoisotopic (exact) mass is 299 g/mol. The summed E-state index contributed by atoms with van der Waals surface area (Å²) in [6.07, 6.45) is 1.64. The van der Waals surface area contributed by atoms with Crippen molar-refractivity contribution in [2.75, 3.05) is 5.75 Å². The maximum atomic E-state index is 11.3. The van der Waals surface area contributed by atoms with Crippen LogP contribution in [0, 0.1) is 6.92 Å². The van der Waals surface area contributed by atoms with Crippen LogP contribution in [-0.4, -0.2) is 24.5 Å². The lowest BCUT2D eigenvalue weighted by Gasteiger charge is -2.12. The molecule has 3 nitrogen and oxygen atoms in total. The van der Waals surface area contributed by atoms with Crippen molar-refractivity contribution in [1.29, 1.82) is 0 Å². The van der Waals surface area contributed by atoms with Crippen LogP contribution in [0.4, 0.5) is 0 Å². The lowest BCUT2D eigenvalue weighted by Crippen LogP contribution is -2.32. The van der Waals surface area contributed by atoms with E-state index in [2.05, 4.69) is 5.32 Å². The SMILES string of the molecule is Cc1ccccc1SC(=S)NC1C=CS(=O)(=O)C1. The molecular weight excluding hydrogens is 286 g/mol. The van der Waals surface area contributed by atoms with E-state index < -0.39 is 9.84 Å². The molecule has 0 saturated heterocycles. The first-order valence-corrected chi connectivity index (χ1v) is 8.35. The Balaban J connectivity index is 1.95. The van der Waals surface area contributed by atoms with Crippen LogP contribution >= 0.6 is 24.0 Å². The van der Waals surface area contributed by atoms with Crippen molar-refractivity contribution in [3.05, 3.63) is 41.3 Å². The first-order valence-electron chi connectivity index (χ1n) is 5.41. The van der Waals surface area contributed by atoms with Crippen LogP contribution in [0.3, 0.4) is 0 Å². The molecule has 0 saturated carbocycles. The van der Waals surface area contributed by atoms with Gasteiger partial charge in [-0.1, -0.05) is 42.2 Å². The molecule has 1 aromatic rings. The van der Waals surface area contributed by atoms with Crippen molar-refractivity contribution in [2.24, 2.45) is 0 Å². The first kappa shape index (κ1) is 13.6. The number of nitrogens with one attached hydrogen (secondary N) is 1. The molecule has 0 amide bonds. The highest BCUT2D eigenvalue weighted by atomic mass is 32.2. The molecule has 1 unspecified atom stereocenters. The molecule has 0 aliphatic carbocycles. The summed E-state index contributed by atoms with van der Waals surface area (Å²) in [5.74, 6) is 0.0848. The summed E-state index contributed by atoms with van der Waals surface area (Å²) < 4.78 is 23.1. The summed E-state index contributed by atoms with van der Waals surface area (Å²) >= 11 is 6.68. The summed E-state index contributed by atoms with van der Waals surface area (Å²) in [4.78, 5) is 1.08. The predicted molar refractivity (Wildman–Crippen MR) is 79.5 cm³/mol. The Morgan fingerprint density at radius 3 is 2.78 bits per heavy atom. The second kappa shape index (κ2) is 5.42. The van der Waals surface area contributed by atoms with Crippen LogP contribution < -0.4 is 5.32 Å². The number of thioether (sulfide) groups is 1. The van der Waals surface area contributed by atoms with Gasteiger partial charge in [0.25, 0.3) is 0 Å². The largest absolute Gasteiger partial charge is 0.363 e. The van der Waals surface area contributed by atoms with Crippen LogP contribution in [0.15, 0.2) is 40.6 Å². The van der Waals surface area contributed by atoms with Gasteiger partial charge in [0.2, 0.25) is 0 Å². The fourth-order valence-electron chi connectivity index (χ4n) is 1.62. The molecule has 1 aliphatic heterocycles. The molecule has 1 aromatic carbocycles. The minimum Gasteiger partial charge on any atom is -0.363 e. The van der Waals surface area contributed by atoms with Crippen molar-refractivity contribution in [3.63, 3.8) is 0 Å². The molecule has 1 aliphatic rings. The van der Waals surface area contributed by atoms with Crippen molar-refractivity contribution < 1.29 is 8.42 Å². The van der Waals surface area contributed by atoms with Gasteiger partial charge in [-0.2, -0.15) is 0 Å². The summed E-state index contributed by atoms with van der Waals surface area (Å²) in [6.45, 7) is 2.02. The second-order valence-electron chi connectivity index (χ2n) is 4.06. The Kier molecular flexibility index (Phi) is 4.09. The third-order valence-corrected chi connectivity index (χ3v) is 5.27. The number of benzene rings is 1. The molecule has 0 radical (unpaired) electrons. The highest BCUT2D eigenvalue weighted by Crippen LogP contribution is 2.23. The van der Waals surface area contributed by atoms with Gasteiger partial charge in [-0.15, -0.1) is 0 Å². The van der Waals surface area contributed by atoms with Gasteiger partial charge < -0.3 is 5.32 Å². The van der Waals surface area contributed by atoms with Crippen molar-refractivity contribution in [1.82, 2.24) is 5.32 Å². The Labute approximate surface area is 117 Å². The van der Waals surface area contributed by atoms with Crippen LogP contribution in [0.1, 0.15) is 5.56 Å². The smallest absolute Gasteiger partial charge is 0.173 e. The van der Waals surface area contributed by atoms with Crippen LogP contribution in [0.2, 0.25) is 0 Å². The zero-order chi connectivity index (χ0) is 13.2. The van der Waals surface area contributed by atoms with E-state index in [1.54, 1.807) is 6.08 Å². The van der Waals surface area contributed by atoms with Gasteiger partial charge in [0.15, 0.2) is 9.84 Å². The maximum absolute atomic E-state index is 11.3. The fraction of sp³-hybridized carbons (Fsp3) is 0.250. The summed E-state index contributed by atoms with van der Waals surface area (Å²) in [5.41, 5.74) is 1.15. The van der Waals surface area contributed by atoms with E-state index in [0.29, 0.717) is 4.32 Å². The topological polar surface area (TPSA) is 46.2 Å². The Morgan fingerprint density at radius 1 is 1.44 bits per heavy atom. The first-order chi connectivity index (χ1) is 8.46. The van der Waals surface area contributed by atoms with E-state index >= 15 is 0 Å². The maximum Gasteiger partial charge on any atom is 0.173 e. The molecule has 0 aromatic heterocycles. The number of rotatable bonds is 2. The van der Waals surface area contributed by atoms with Crippen LogP contribution in [0.5, 0.6) is 0 Å². The third kappa shape index (κ3) is 3.57. The van der Waals surface area contributed by atoms with Crippen molar-refractivity contribution >= 4 is 38.1 Å². The molecule has 18 heavy (non-hydrogen) atoms. The molecule has 0 fully saturated rings. The number of sulfone groups is 1. The fourth-order valence-corrected chi connectivity index (χ4v) is 4.06. The normalized spacial score (nSPS) is 20.8. The van der Waals surface area contributed by atoms with Gasteiger partial charge >= 0.3 is 0 Å². The van der Waals surface area contributed by atoms with Crippen LogP contribution in [-0.2, 0) is 9.84 Å². The van der Waals surface area contributed by atoms with E-state index in [1.165, 1.54) is 17.2 Å². The third-order valence-electron chi connectivity index (χ3n) is 2.53. The molecule has 0 bridgehead atoms. The minimum atomic E-state index is -3.03. The quantitative estimate of drug-likeness (QED) is 0.670. The van der Waals surface area contributed by atoms with Gasteiger partial charge in [-0.3, -0.25) is 0 Å². The summed E-state index contributed by atoms with van der Waals surface area (Å²) in [7, 11) is -3.03. The Morgan fingerprint density at radius 2 is 2.17 bits per heavy atom. The molecule has 96 valence electrons. The highest BCUT2D eigenvalue weighted by molar-refractivity contribution is 8.23. The van der Waals surface area contributed by atoms with Gasteiger partial charge in [0.1, 0.15) is 4.32 Å². The van der Waals surface area contributed by atoms with E-state index in [1.807, 2.05) is 31.2 Å². The minimum absolute atomic E-state index is 0.0848. The molecule has 2 rings (SSSR count). The number of aryl methyl sites for hydroxylation is 1. The van der Waals surface area contributed by atoms with E-state index in [-0.39, 0.29) is 11.8 Å². The van der Waals surface area contributed by atoms with E-state index in [4.69, 9.17) is 12.2 Å². The zero-order valence-corrected chi connectivity index (χ0v) is 12.2. The van der Waals surface area contributed by atoms with Crippen molar-refractivity contribution in [3.8, 4) is 0 Å². The van der Waals surface area contributed by atoms with Gasteiger partial charge in [-0.25, -0.2) is 8.42 Å². The van der Waals surface area contributed by atoms with Crippen molar-refractivity contribution in [2.45, 2.75) is 17.9 Å². The molecule has 1 N–H and O–H groups in total. The molecular formula is C12H13NO2S3. The lowest BCUT2D eigenvalue weighted by molar-refractivity contribution is 0.603. The Bertz CT molecular complexity index is 593. The van der Waals surface area contributed by atoms with Gasteiger partial charge in [-0.05, 0) is 24.6 Å².